The molecule has 14 heavy (non-hydrogen) atoms. The summed E-state index contributed by atoms with van der Waals surface area (Å²) in [5.41, 5.74) is 8.09. The molecule has 1 aromatic rings. The molecule has 0 saturated heterocycles. The van der Waals surface area contributed by atoms with Crippen LogP contribution in [0, 0.1) is 12.7 Å². The third-order valence-electron chi connectivity index (χ3n) is 2.45. The molecular formula is C12H18FN. The zero-order chi connectivity index (χ0) is 10.6. The van der Waals surface area contributed by atoms with Gasteiger partial charge in [0.15, 0.2) is 0 Å². The third kappa shape index (κ3) is 3.11. The number of aryl methyl sites for hydroxylation is 1. The Morgan fingerprint density at radius 2 is 2.14 bits per heavy atom. The van der Waals surface area contributed by atoms with Gasteiger partial charge in [0.1, 0.15) is 5.82 Å². The summed E-state index contributed by atoms with van der Waals surface area (Å²) in [7, 11) is 0. The molecule has 0 bridgehead atoms. The van der Waals surface area contributed by atoms with E-state index >= 15 is 0 Å². The topological polar surface area (TPSA) is 26.0 Å². The van der Waals surface area contributed by atoms with E-state index in [0.717, 1.165) is 30.4 Å². The normalized spacial score (nSPS) is 12.9. The van der Waals surface area contributed by atoms with E-state index in [2.05, 4.69) is 6.92 Å². The molecule has 0 radical (unpaired) electrons. The van der Waals surface area contributed by atoms with Gasteiger partial charge >= 0.3 is 0 Å². The van der Waals surface area contributed by atoms with Crippen molar-refractivity contribution < 1.29 is 4.39 Å². The zero-order valence-electron chi connectivity index (χ0n) is 8.89. The van der Waals surface area contributed by atoms with Gasteiger partial charge in [-0.2, -0.15) is 0 Å². The van der Waals surface area contributed by atoms with Crippen LogP contribution in [0.3, 0.4) is 0 Å². The van der Waals surface area contributed by atoms with Crippen molar-refractivity contribution in [3.63, 3.8) is 0 Å². The van der Waals surface area contributed by atoms with Gasteiger partial charge in [0.25, 0.3) is 0 Å². The van der Waals surface area contributed by atoms with E-state index in [0.29, 0.717) is 0 Å². The van der Waals surface area contributed by atoms with E-state index in [1.807, 2.05) is 13.0 Å². The molecule has 0 aromatic heterocycles. The highest BCUT2D eigenvalue weighted by Crippen LogP contribution is 2.13. The Morgan fingerprint density at radius 1 is 1.43 bits per heavy atom. The first-order valence-electron chi connectivity index (χ1n) is 5.14. The molecule has 78 valence electrons. The second-order valence-corrected chi connectivity index (χ2v) is 3.82. The van der Waals surface area contributed by atoms with Crippen LogP contribution in [0.4, 0.5) is 4.39 Å². The first-order chi connectivity index (χ1) is 6.63. The molecule has 0 aliphatic carbocycles. The maximum Gasteiger partial charge on any atom is 0.123 e. The van der Waals surface area contributed by atoms with E-state index in [-0.39, 0.29) is 11.9 Å². The number of hydrogen-bond donors (Lipinski definition) is 1. The van der Waals surface area contributed by atoms with Crippen LogP contribution in [0.5, 0.6) is 0 Å². The molecule has 0 aliphatic heterocycles. The van der Waals surface area contributed by atoms with Crippen LogP contribution >= 0.6 is 0 Å². The van der Waals surface area contributed by atoms with E-state index in [4.69, 9.17) is 5.73 Å². The third-order valence-corrected chi connectivity index (χ3v) is 2.45. The van der Waals surface area contributed by atoms with E-state index in [9.17, 15) is 4.39 Å². The lowest BCUT2D eigenvalue weighted by atomic mass is 9.99. The van der Waals surface area contributed by atoms with Crippen LogP contribution in [-0.4, -0.2) is 6.04 Å². The molecule has 1 unspecified atom stereocenters. The predicted octanol–water partition coefficient (Wildman–Crippen LogP) is 2.80. The van der Waals surface area contributed by atoms with Crippen molar-refractivity contribution in [2.45, 2.75) is 39.2 Å². The summed E-state index contributed by atoms with van der Waals surface area (Å²) in [5, 5.41) is 0. The van der Waals surface area contributed by atoms with E-state index < -0.39 is 0 Å². The van der Waals surface area contributed by atoms with Crippen molar-refractivity contribution in [2.24, 2.45) is 5.73 Å². The molecule has 1 nitrogen and oxygen atoms in total. The first-order valence-corrected chi connectivity index (χ1v) is 5.14. The van der Waals surface area contributed by atoms with Gasteiger partial charge in [-0.3, -0.25) is 0 Å². The highest BCUT2D eigenvalue weighted by Gasteiger charge is 2.05. The van der Waals surface area contributed by atoms with Gasteiger partial charge in [0, 0.05) is 6.04 Å². The molecule has 2 N–H and O–H groups in total. The molecule has 0 amide bonds. The molecule has 1 aromatic carbocycles. The quantitative estimate of drug-likeness (QED) is 0.785. The number of halogens is 1. The zero-order valence-corrected chi connectivity index (χ0v) is 8.89. The Hall–Kier alpha value is -0.890. The minimum Gasteiger partial charge on any atom is -0.327 e. The van der Waals surface area contributed by atoms with Gasteiger partial charge in [-0.25, -0.2) is 4.39 Å². The second-order valence-electron chi connectivity index (χ2n) is 3.82. The highest BCUT2D eigenvalue weighted by molar-refractivity contribution is 5.27. The molecule has 1 rings (SSSR count). The van der Waals surface area contributed by atoms with Crippen molar-refractivity contribution in [1.29, 1.82) is 0 Å². The van der Waals surface area contributed by atoms with E-state index in [1.54, 1.807) is 6.07 Å². The van der Waals surface area contributed by atoms with Crippen LogP contribution < -0.4 is 5.73 Å². The summed E-state index contributed by atoms with van der Waals surface area (Å²) >= 11 is 0. The minimum atomic E-state index is -0.171. The van der Waals surface area contributed by atoms with Gasteiger partial charge < -0.3 is 5.73 Å². The van der Waals surface area contributed by atoms with Crippen LogP contribution in [0.2, 0.25) is 0 Å². The summed E-state index contributed by atoms with van der Waals surface area (Å²) in [6.45, 7) is 4.05. The molecular weight excluding hydrogens is 177 g/mol. The number of rotatable bonds is 4. The van der Waals surface area contributed by atoms with Crippen molar-refractivity contribution in [2.75, 3.05) is 0 Å². The molecule has 0 saturated carbocycles. The standard InChI is InChI=1S/C12H18FN/c1-3-4-12(14)8-10-5-6-11(13)7-9(10)2/h5-7,12H,3-4,8,14H2,1-2H3. The summed E-state index contributed by atoms with van der Waals surface area (Å²) < 4.78 is 12.8. The average molecular weight is 195 g/mol. The number of benzene rings is 1. The van der Waals surface area contributed by atoms with Crippen molar-refractivity contribution in [3.8, 4) is 0 Å². The van der Waals surface area contributed by atoms with Crippen molar-refractivity contribution >= 4 is 0 Å². The lowest BCUT2D eigenvalue weighted by Crippen LogP contribution is -2.22. The molecule has 1 atom stereocenters. The second kappa shape index (κ2) is 5.11. The smallest absolute Gasteiger partial charge is 0.123 e. The van der Waals surface area contributed by atoms with Crippen molar-refractivity contribution in [1.82, 2.24) is 0 Å². The number of hydrogen-bond acceptors (Lipinski definition) is 1. The fraction of sp³-hybridized carbons (Fsp3) is 0.500. The van der Waals surface area contributed by atoms with Crippen LogP contribution in [0.1, 0.15) is 30.9 Å². The monoisotopic (exact) mass is 195 g/mol. The highest BCUT2D eigenvalue weighted by atomic mass is 19.1. The first kappa shape index (κ1) is 11.2. The number of nitrogens with two attached hydrogens (primary N) is 1. The Balaban J connectivity index is 2.67. The largest absolute Gasteiger partial charge is 0.327 e. The summed E-state index contributed by atoms with van der Waals surface area (Å²) in [4.78, 5) is 0. The average Bonchev–Trinajstić information content (AvgIpc) is 2.10. The van der Waals surface area contributed by atoms with Crippen LogP contribution in [0.15, 0.2) is 18.2 Å². The summed E-state index contributed by atoms with van der Waals surface area (Å²) in [5.74, 6) is -0.171. The molecule has 0 fully saturated rings. The fourth-order valence-corrected chi connectivity index (χ4v) is 1.64. The van der Waals surface area contributed by atoms with Crippen LogP contribution in [-0.2, 0) is 6.42 Å². The van der Waals surface area contributed by atoms with Crippen molar-refractivity contribution in [3.05, 3.63) is 35.1 Å². The van der Waals surface area contributed by atoms with E-state index in [1.165, 1.54) is 6.07 Å². The maximum absolute atomic E-state index is 12.8. The maximum atomic E-state index is 12.8. The van der Waals surface area contributed by atoms with Gasteiger partial charge in [0.2, 0.25) is 0 Å². The lowest BCUT2D eigenvalue weighted by Gasteiger charge is -2.12. The molecule has 0 aliphatic rings. The SMILES string of the molecule is CCCC(N)Cc1ccc(F)cc1C. The van der Waals surface area contributed by atoms with Gasteiger partial charge in [-0.15, -0.1) is 0 Å². The Labute approximate surface area is 85.1 Å². The molecule has 2 heteroatoms. The molecule has 0 heterocycles. The Morgan fingerprint density at radius 3 is 2.71 bits per heavy atom. The summed E-state index contributed by atoms with van der Waals surface area (Å²) in [6.07, 6.45) is 2.97. The Bertz CT molecular complexity index is 296. The summed E-state index contributed by atoms with van der Waals surface area (Å²) in [6, 6.07) is 5.10. The van der Waals surface area contributed by atoms with Crippen LogP contribution in [0.25, 0.3) is 0 Å². The van der Waals surface area contributed by atoms with Gasteiger partial charge in [0.05, 0.1) is 0 Å². The minimum absolute atomic E-state index is 0.171. The lowest BCUT2D eigenvalue weighted by molar-refractivity contribution is 0.594. The predicted molar refractivity (Wildman–Crippen MR) is 57.7 cm³/mol. The van der Waals surface area contributed by atoms with Gasteiger partial charge in [-0.1, -0.05) is 19.4 Å². The van der Waals surface area contributed by atoms with Gasteiger partial charge in [-0.05, 0) is 43.0 Å². The Kier molecular flexibility index (Phi) is 4.08. The fourth-order valence-electron chi connectivity index (χ4n) is 1.64. The molecule has 0 spiro atoms.